The quantitative estimate of drug-likeness (QED) is 0.843. The van der Waals surface area contributed by atoms with Crippen LogP contribution in [0.5, 0.6) is 5.75 Å². The Morgan fingerprint density at radius 1 is 1.24 bits per heavy atom. The standard InChI is InChI=1S/C18H29NO2/c1-14(2)21-17-6-4-16(5-7-17)12-19-13-18(20)10-8-15(3)9-11-18/h4-7,14-15,19-20H,8-13H2,1-3H3. The molecule has 0 unspecified atom stereocenters. The van der Waals surface area contributed by atoms with Crippen LogP contribution < -0.4 is 10.1 Å². The topological polar surface area (TPSA) is 41.5 Å². The molecule has 0 atom stereocenters. The fourth-order valence-corrected chi connectivity index (χ4v) is 2.87. The Labute approximate surface area is 128 Å². The predicted octanol–water partition coefficient (Wildman–Crippen LogP) is 3.50. The maximum atomic E-state index is 10.5. The molecule has 0 amide bonds. The average molecular weight is 291 g/mol. The molecule has 3 heteroatoms. The number of nitrogens with one attached hydrogen (secondary N) is 1. The Morgan fingerprint density at radius 3 is 2.43 bits per heavy atom. The van der Waals surface area contributed by atoms with Crippen LogP contribution in [0.25, 0.3) is 0 Å². The molecule has 0 radical (unpaired) electrons. The lowest BCUT2D eigenvalue weighted by Gasteiger charge is -2.35. The van der Waals surface area contributed by atoms with Gasteiger partial charge in [0.15, 0.2) is 0 Å². The van der Waals surface area contributed by atoms with Crippen molar-refractivity contribution in [1.29, 1.82) is 0 Å². The highest BCUT2D eigenvalue weighted by atomic mass is 16.5. The fraction of sp³-hybridized carbons (Fsp3) is 0.667. The molecule has 0 spiro atoms. The molecule has 21 heavy (non-hydrogen) atoms. The summed E-state index contributed by atoms with van der Waals surface area (Å²) in [7, 11) is 0. The van der Waals surface area contributed by atoms with Gasteiger partial charge in [-0.05, 0) is 63.1 Å². The number of ether oxygens (including phenoxy) is 1. The molecule has 0 saturated heterocycles. The zero-order valence-electron chi connectivity index (χ0n) is 13.6. The highest BCUT2D eigenvalue weighted by molar-refractivity contribution is 5.27. The molecule has 1 aromatic carbocycles. The van der Waals surface area contributed by atoms with Crippen LogP contribution >= 0.6 is 0 Å². The van der Waals surface area contributed by atoms with Gasteiger partial charge in [0.05, 0.1) is 11.7 Å². The van der Waals surface area contributed by atoms with Gasteiger partial charge in [-0.15, -0.1) is 0 Å². The van der Waals surface area contributed by atoms with E-state index in [-0.39, 0.29) is 6.10 Å². The van der Waals surface area contributed by atoms with Crippen molar-refractivity contribution in [2.24, 2.45) is 5.92 Å². The number of hydrogen-bond donors (Lipinski definition) is 2. The number of benzene rings is 1. The minimum Gasteiger partial charge on any atom is -0.491 e. The Morgan fingerprint density at radius 2 is 1.86 bits per heavy atom. The first-order chi connectivity index (χ1) is 9.97. The van der Waals surface area contributed by atoms with E-state index >= 15 is 0 Å². The molecule has 1 aromatic rings. The minimum absolute atomic E-state index is 0.205. The van der Waals surface area contributed by atoms with Gasteiger partial charge in [-0.25, -0.2) is 0 Å². The van der Waals surface area contributed by atoms with Crippen molar-refractivity contribution in [2.45, 2.75) is 64.7 Å². The van der Waals surface area contributed by atoms with Gasteiger partial charge < -0.3 is 15.2 Å². The van der Waals surface area contributed by atoms with Crippen LogP contribution in [0, 0.1) is 5.92 Å². The summed E-state index contributed by atoms with van der Waals surface area (Å²) in [5.41, 5.74) is 0.714. The zero-order valence-corrected chi connectivity index (χ0v) is 13.6. The first-order valence-electron chi connectivity index (χ1n) is 8.15. The summed E-state index contributed by atoms with van der Waals surface area (Å²) in [4.78, 5) is 0. The van der Waals surface area contributed by atoms with E-state index in [0.717, 1.165) is 43.9 Å². The zero-order chi connectivity index (χ0) is 15.3. The van der Waals surface area contributed by atoms with Crippen LogP contribution in [0.2, 0.25) is 0 Å². The second-order valence-electron chi connectivity index (χ2n) is 6.82. The molecular formula is C18H29NO2. The van der Waals surface area contributed by atoms with E-state index in [1.807, 2.05) is 26.0 Å². The van der Waals surface area contributed by atoms with Crippen molar-refractivity contribution in [3.05, 3.63) is 29.8 Å². The minimum atomic E-state index is -0.507. The summed E-state index contributed by atoms with van der Waals surface area (Å²) >= 11 is 0. The summed E-state index contributed by atoms with van der Waals surface area (Å²) in [6.07, 6.45) is 4.32. The fourth-order valence-electron chi connectivity index (χ4n) is 2.87. The summed E-state index contributed by atoms with van der Waals surface area (Å²) in [5, 5.41) is 13.9. The number of rotatable bonds is 6. The van der Waals surface area contributed by atoms with Crippen LogP contribution in [0.3, 0.4) is 0 Å². The van der Waals surface area contributed by atoms with E-state index in [0.29, 0.717) is 6.54 Å². The molecule has 0 aromatic heterocycles. The molecule has 3 nitrogen and oxygen atoms in total. The van der Waals surface area contributed by atoms with Gasteiger partial charge in [0.2, 0.25) is 0 Å². The van der Waals surface area contributed by atoms with Crippen molar-refractivity contribution < 1.29 is 9.84 Å². The van der Waals surface area contributed by atoms with Crippen molar-refractivity contribution in [2.75, 3.05) is 6.54 Å². The largest absolute Gasteiger partial charge is 0.491 e. The Kier molecular flexibility index (Phi) is 5.65. The molecular weight excluding hydrogens is 262 g/mol. The van der Waals surface area contributed by atoms with E-state index in [2.05, 4.69) is 24.4 Å². The van der Waals surface area contributed by atoms with Gasteiger partial charge in [0.1, 0.15) is 5.75 Å². The van der Waals surface area contributed by atoms with Gasteiger partial charge in [0, 0.05) is 13.1 Å². The number of hydrogen-bond acceptors (Lipinski definition) is 3. The summed E-state index contributed by atoms with van der Waals surface area (Å²) in [6, 6.07) is 8.18. The molecule has 118 valence electrons. The lowest BCUT2D eigenvalue weighted by molar-refractivity contribution is -0.00630. The third-order valence-electron chi connectivity index (χ3n) is 4.28. The summed E-state index contributed by atoms with van der Waals surface area (Å²) < 4.78 is 5.63. The van der Waals surface area contributed by atoms with E-state index in [1.54, 1.807) is 0 Å². The van der Waals surface area contributed by atoms with Crippen LogP contribution in [-0.2, 0) is 6.54 Å². The third-order valence-corrected chi connectivity index (χ3v) is 4.28. The first-order valence-corrected chi connectivity index (χ1v) is 8.15. The summed E-state index contributed by atoms with van der Waals surface area (Å²) in [5.74, 6) is 1.67. The smallest absolute Gasteiger partial charge is 0.119 e. The Hall–Kier alpha value is -1.06. The normalized spacial score (nSPS) is 26.0. The molecule has 2 N–H and O–H groups in total. The maximum absolute atomic E-state index is 10.5. The lowest BCUT2D eigenvalue weighted by Crippen LogP contribution is -2.43. The van der Waals surface area contributed by atoms with Gasteiger partial charge in [-0.2, -0.15) is 0 Å². The lowest BCUT2D eigenvalue weighted by atomic mass is 9.79. The summed E-state index contributed by atoms with van der Waals surface area (Å²) in [6.45, 7) is 7.81. The van der Waals surface area contributed by atoms with Crippen molar-refractivity contribution in [1.82, 2.24) is 5.32 Å². The van der Waals surface area contributed by atoms with Gasteiger partial charge in [-0.1, -0.05) is 19.1 Å². The van der Waals surface area contributed by atoms with E-state index in [9.17, 15) is 5.11 Å². The molecule has 0 heterocycles. The number of aliphatic hydroxyl groups is 1. The third kappa shape index (κ3) is 5.33. The SMILES string of the molecule is CC1CCC(O)(CNCc2ccc(OC(C)C)cc2)CC1. The maximum Gasteiger partial charge on any atom is 0.119 e. The Balaban J connectivity index is 1.75. The predicted molar refractivity (Wildman–Crippen MR) is 86.5 cm³/mol. The highest BCUT2D eigenvalue weighted by Gasteiger charge is 2.31. The molecule has 1 aliphatic rings. The van der Waals surface area contributed by atoms with Gasteiger partial charge >= 0.3 is 0 Å². The molecule has 1 saturated carbocycles. The van der Waals surface area contributed by atoms with E-state index in [4.69, 9.17) is 4.74 Å². The van der Waals surface area contributed by atoms with E-state index in [1.165, 1.54) is 5.56 Å². The van der Waals surface area contributed by atoms with Crippen LogP contribution in [0.15, 0.2) is 24.3 Å². The van der Waals surface area contributed by atoms with Crippen LogP contribution in [0.1, 0.15) is 52.0 Å². The molecule has 1 fully saturated rings. The van der Waals surface area contributed by atoms with Crippen molar-refractivity contribution in [3.63, 3.8) is 0 Å². The second kappa shape index (κ2) is 7.28. The highest BCUT2D eigenvalue weighted by Crippen LogP contribution is 2.31. The van der Waals surface area contributed by atoms with Crippen LogP contribution in [0.4, 0.5) is 0 Å². The van der Waals surface area contributed by atoms with E-state index < -0.39 is 5.60 Å². The van der Waals surface area contributed by atoms with Gasteiger partial charge in [0.25, 0.3) is 0 Å². The monoisotopic (exact) mass is 291 g/mol. The molecule has 1 aliphatic carbocycles. The second-order valence-corrected chi connectivity index (χ2v) is 6.82. The van der Waals surface area contributed by atoms with Crippen LogP contribution in [-0.4, -0.2) is 23.4 Å². The molecule has 2 rings (SSSR count). The molecule has 0 bridgehead atoms. The average Bonchev–Trinajstić information content (AvgIpc) is 2.44. The van der Waals surface area contributed by atoms with Crippen molar-refractivity contribution >= 4 is 0 Å². The Bertz CT molecular complexity index is 419. The van der Waals surface area contributed by atoms with Gasteiger partial charge in [-0.3, -0.25) is 0 Å². The first kappa shape index (κ1) is 16.3. The molecule has 0 aliphatic heterocycles. The van der Waals surface area contributed by atoms with Crippen molar-refractivity contribution in [3.8, 4) is 5.75 Å².